The Bertz CT molecular complexity index is 1210. The number of hydrogen-bond donors (Lipinski definition) is 1. The third kappa shape index (κ3) is 2.43. The topological polar surface area (TPSA) is 69.2 Å². The van der Waals surface area contributed by atoms with Gasteiger partial charge >= 0.3 is 0 Å². The first kappa shape index (κ1) is 16.0. The van der Waals surface area contributed by atoms with Crippen molar-refractivity contribution >= 4 is 33.4 Å². The van der Waals surface area contributed by atoms with Crippen molar-refractivity contribution in [3.05, 3.63) is 48.2 Å². The van der Waals surface area contributed by atoms with Crippen LogP contribution < -0.4 is 10.2 Å². The molecule has 0 aliphatic carbocycles. The van der Waals surface area contributed by atoms with Crippen LogP contribution in [0.3, 0.4) is 0 Å². The van der Waals surface area contributed by atoms with Crippen LogP contribution in [-0.4, -0.2) is 39.5 Å². The summed E-state index contributed by atoms with van der Waals surface area (Å²) < 4.78 is 2.02. The maximum Gasteiger partial charge on any atom is 0.157 e. The Kier molecular flexibility index (Phi) is 3.52. The number of benzene rings is 1. The van der Waals surface area contributed by atoms with Crippen molar-refractivity contribution in [3.8, 4) is 6.07 Å². The molecule has 27 heavy (non-hydrogen) atoms. The first-order valence-electron chi connectivity index (χ1n) is 9.25. The number of fused-ring (bicyclic) bond motifs is 5. The highest BCUT2D eigenvalue weighted by molar-refractivity contribution is 5.97. The Morgan fingerprint density at radius 3 is 2.67 bits per heavy atom. The van der Waals surface area contributed by atoms with Crippen LogP contribution >= 0.6 is 0 Å². The molecular weight excluding hydrogens is 336 g/mol. The smallest absolute Gasteiger partial charge is 0.157 e. The molecule has 5 rings (SSSR count). The van der Waals surface area contributed by atoms with Gasteiger partial charge in [0.05, 0.1) is 16.6 Å². The van der Waals surface area contributed by atoms with Gasteiger partial charge in [0.15, 0.2) is 5.65 Å². The minimum Gasteiger partial charge on any atom is -0.368 e. The van der Waals surface area contributed by atoms with E-state index in [0.717, 1.165) is 40.8 Å². The molecule has 0 bridgehead atoms. The zero-order valence-electron chi connectivity index (χ0n) is 15.3. The quantitative estimate of drug-likeness (QED) is 0.568. The number of nitrogens with zero attached hydrogens (tertiary/aromatic N) is 5. The van der Waals surface area contributed by atoms with E-state index < -0.39 is 0 Å². The van der Waals surface area contributed by atoms with Gasteiger partial charge in [-0.1, -0.05) is 12.1 Å². The number of nitriles is 1. The van der Waals surface area contributed by atoms with E-state index in [9.17, 15) is 5.26 Å². The SMILES string of the molecule is C[C@@H]1CN(c2ccnc3c2cc(C#N)c2nc4ccccc4n23)C[C@H](C)N1. The highest BCUT2D eigenvalue weighted by Gasteiger charge is 2.24. The Morgan fingerprint density at radius 1 is 1.11 bits per heavy atom. The van der Waals surface area contributed by atoms with Crippen LogP contribution in [-0.2, 0) is 0 Å². The lowest BCUT2D eigenvalue weighted by atomic mass is 10.1. The predicted molar refractivity (Wildman–Crippen MR) is 107 cm³/mol. The molecule has 1 N–H and O–H groups in total. The number of aromatic nitrogens is 3. The van der Waals surface area contributed by atoms with E-state index in [1.165, 1.54) is 0 Å². The number of para-hydroxylation sites is 2. The van der Waals surface area contributed by atoms with E-state index >= 15 is 0 Å². The van der Waals surface area contributed by atoms with Crippen molar-refractivity contribution in [1.82, 2.24) is 19.7 Å². The van der Waals surface area contributed by atoms with Gasteiger partial charge in [-0.05, 0) is 38.1 Å². The highest BCUT2D eigenvalue weighted by atomic mass is 15.2. The molecule has 6 nitrogen and oxygen atoms in total. The zero-order valence-corrected chi connectivity index (χ0v) is 15.3. The number of nitrogens with one attached hydrogen (secondary N) is 1. The molecule has 134 valence electrons. The van der Waals surface area contributed by atoms with Crippen LogP contribution in [0.4, 0.5) is 5.69 Å². The fourth-order valence-electron chi connectivity index (χ4n) is 4.28. The Hall–Kier alpha value is -3.17. The molecule has 3 aromatic heterocycles. The fourth-order valence-corrected chi connectivity index (χ4v) is 4.28. The van der Waals surface area contributed by atoms with Crippen molar-refractivity contribution in [2.45, 2.75) is 25.9 Å². The van der Waals surface area contributed by atoms with Crippen LogP contribution in [0.5, 0.6) is 0 Å². The molecule has 0 unspecified atom stereocenters. The van der Waals surface area contributed by atoms with Crippen LogP contribution in [0, 0.1) is 11.3 Å². The van der Waals surface area contributed by atoms with Gasteiger partial charge in [-0.25, -0.2) is 9.97 Å². The molecule has 0 saturated carbocycles. The first-order chi connectivity index (χ1) is 13.2. The molecule has 1 fully saturated rings. The lowest BCUT2D eigenvalue weighted by Gasteiger charge is -2.38. The van der Waals surface area contributed by atoms with Gasteiger partial charge in [-0.2, -0.15) is 5.26 Å². The van der Waals surface area contributed by atoms with Crippen molar-refractivity contribution in [3.63, 3.8) is 0 Å². The average Bonchev–Trinajstić information content (AvgIpc) is 3.06. The monoisotopic (exact) mass is 356 g/mol. The summed E-state index contributed by atoms with van der Waals surface area (Å²) in [5.41, 5.74) is 5.05. The maximum absolute atomic E-state index is 9.76. The minimum atomic E-state index is 0.408. The van der Waals surface area contributed by atoms with Crippen molar-refractivity contribution in [2.75, 3.05) is 18.0 Å². The largest absolute Gasteiger partial charge is 0.368 e. The molecule has 0 spiro atoms. The summed E-state index contributed by atoms with van der Waals surface area (Å²) in [6.07, 6.45) is 1.86. The average molecular weight is 356 g/mol. The summed E-state index contributed by atoms with van der Waals surface area (Å²) >= 11 is 0. The summed E-state index contributed by atoms with van der Waals surface area (Å²) in [6, 6.07) is 15.1. The first-order valence-corrected chi connectivity index (χ1v) is 9.25. The van der Waals surface area contributed by atoms with Crippen molar-refractivity contribution in [1.29, 1.82) is 5.26 Å². The van der Waals surface area contributed by atoms with E-state index in [2.05, 4.69) is 46.2 Å². The number of pyridine rings is 2. The van der Waals surface area contributed by atoms with E-state index in [0.29, 0.717) is 23.3 Å². The molecule has 0 radical (unpaired) electrons. The molecule has 1 aromatic carbocycles. The third-order valence-corrected chi connectivity index (χ3v) is 5.27. The van der Waals surface area contributed by atoms with E-state index in [4.69, 9.17) is 0 Å². The number of imidazole rings is 1. The van der Waals surface area contributed by atoms with Crippen molar-refractivity contribution < 1.29 is 0 Å². The van der Waals surface area contributed by atoms with Crippen LogP contribution in [0.15, 0.2) is 42.6 Å². The Balaban J connectivity index is 1.85. The molecule has 6 heteroatoms. The van der Waals surface area contributed by atoms with E-state index in [1.54, 1.807) is 0 Å². The van der Waals surface area contributed by atoms with Gasteiger partial charge in [0.25, 0.3) is 0 Å². The van der Waals surface area contributed by atoms with Gasteiger partial charge in [0, 0.05) is 42.4 Å². The number of anilines is 1. The standard InChI is InChI=1S/C21H20N6/c1-13-11-26(12-14(2)24-13)18-7-8-23-21-16(18)9-15(10-22)20-25-17-5-3-4-6-19(17)27(20)21/h3-9,13-14,24H,11-12H2,1-2H3/t13-,14+. The maximum atomic E-state index is 9.76. The second-order valence-electron chi connectivity index (χ2n) is 7.37. The number of rotatable bonds is 1. The highest BCUT2D eigenvalue weighted by Crippen LogP contribution is 2.31. The fraction of sp³-hybridized carbons (Fsp3) is 0.286. The van der Waals surface area contributed by atoms with Gasteiger partial charge in [-0.3, -0.25) is 4.40 Å². The summed E-state index contributed by atoms with van der Waals surface area (Å²) in [5, 5.41) is 14.3. The second-order valence-corrected chi connectivity index (χ2v) is 7.37. The van der Waals surface area contributed by atoms with Gasteiger partial charge < -0.3 is 10.2 Å². The van der Waals surface area contributed by atoms with E-state index in [1.807, 2.05) is 40.9 Å². The Morgan fingerprint density at radius 2 is 1.89 bits per heavy atom. The second kappa shape index (κ2) is 5.93. The molecular formula is C21H20N6. The van der Waals surface area contributed by atoms with Gasteiger partial charge in [-0.15, -0.1) is 0 Å². The predicted octanol–water partition coefficient (Wildman–Crippen LogP) is 3.09. The molecule has 1 aliphatic heterocycles. The lowest BCUT2D eigenvalue weighted by molar-refractivity contribution is 0.407. The molecule has 4 heterocycles. The number of hydrogen-bond acceptors (Lipinski definition) is 5. The van der Waals surface area contributed by atoms with E-state index in [-0.39, 0.29) is 0 Å². The summed E-state index contributed by atoms with van der Waals surface area (Å²) in [7, 11) is 0. The number of piperazine rings is 1. The summed E-state index contributed by atoms with van der Waals surface area (Å²) in [5.74, 6) is 0. The molecule has 1 saturated heterocycles. The van der Waals surface area contributed by atoms with Gasteiger partial charge in [0.2, 0.25) is 0 Å². The summed E-state index contributed by atoms with van der Waals surface area (Å²) in [4.78, 5) is 11.7. The van der Waals surface area contributed by atoms with Crippen LogP contribution in [0.25, 0.3) is 27.7 Å². The zero-order chi connectivity index (χ0) is 18.5. The molecule has 0 amide bonds. The molecule has 1 aliphatic rings. The molecule has 4 aromatic rings. The normalized spacial score (nSPS) is 20.4. The van der Waals surface area contributed by atoms with Gasteiger partial charge in [0.1, 0.15) is 11.7 Å². The van der Waals surface area contributed by atoms with Crippen LogP contribution in [0.1, 0.15) is 19.4 Å². The lowest BCUT2D eigenvalue weighted by Crippen LogP contribution is -2.54. The Labute approximate surface area is 157 Å². The molecule has 2 atom stereocenters. The minimum absolute atomic E-state index is 0.408. The third-order valence-electron chi connectivity index (χ3n) is 5.27. The van der Waals surface area contributed by atoms with Crippen LogP contribution in [0.2, 0.25) is 0 Å². The summed E-state index contributed by atoms with van der Waals surface area (Å²) in [6.45, 7) is 6.25. The van der Waals surface area contributed by atoms with Crippen molar-refractivity contribution in [2.24, 2.45) is 0 Å².